The van der Waals surface area contributed by atoms with Crippen LogP contribution in [-0.2, 0) is 14.6 Å². The van der Waals surface area contributed by atoms with E-state index in [1.54, 1.807) is 0 Å². The standard InChI is InChI=1S/C9H20N2O3S/c1-15(12,13)7-9(11-10)6-8-2-4-14-5-3-8/h8-9,11H,2-7,10H2,1H3. The van der Waals surface area contributed by atoms with E-state index in [-0.39, 0.29) is 11.8 Å². The number of hydrogen-bond acceptors (Lipinski definition) is 5. The fourth-order valence-electron chi connectivity index (χ4n) is 1.93. The molecule has 0 radical (unpaired) electrons. The summed E-state index contributed by atoms with van der Waals surface area (Å²) in [5, 5.41) is 0. The second kappa shape index (κ2) is 5.79. The molecular weight excluding hydrogens is 216 g/mol. The molecule has 0 bridgehead atoms. The summed E-state index contributed by atoms with van der Waals surface area (Å²) in [4.78, 5) is 0. The van der Waals surface area contributed by atoms with Crippen molar-refractivity contribution in [2.24, 2.45) is 11.8 Å². The Morgan fingerprint density at radius 3 is 2.53 bits per heavy atom. The maximum atomic E-state index is 11.1. The van der Waals surface area contributed by atoms with Gasteiger partial charge in [0, 0.05) is 25.5 Å². The van der Waals surface area contributed by atoms with Gasteiger partial charge < -0.3 is 4.74 Å². The molecule has 0 spiro atoms. The van der Waals surface area contributed by atoms with Gasteiger partial charge in [0.05, 0.1) is 5.75 Å². The molecule has 0 saturated carbocycles. The van der Waals surface area contributed by atoms with Gasteiger partial charge in [-0.3, -0.25) is 11.3 Å². The number of hydrazine groups is 1. The molecule has 1 aliphatic rings. The maximum absolute atomic E-state index is 11.1. The van der Waals surface area contributed by atoms with E-state index in [9.17, 15) is 8.42 Å². The molecular formula is C9H20N2O3S. The van der Waals surface area contributed by atoms with Gasteiger partial charge in [-0.1, -0.05) is 0 Å². The summed E-state index contributed by atoms with van der Waals surface area (Å²) < 4.78 is 27.5. The fourth-order valence-corrected chi connectivity index (χ4v) is 2.90. The Balaban J connectivity index is 2.38. The van der Waals surface area contributed by atoms with Gasteiger partial charge in [-0.25, -0.2) is 8.42 Å². The van der Waals surface area contributed by atoms with Crippen LogP contribution in [-0.4, -0.2) is 39.7 Å². The van der Waals surface area contributed by atoms with Crippen molar-refractivity contribution in [2.75, 3.05) is 25.2 Å². The van der Waals surface area contributed by atoms with E-state index in [4.69, 9.17) is 10.6 Å². The number of rotatable bonds is 5. The van der Waals surface area contributed by atoms with Crippen LogP contribution in [0.1, 0.15) is 19.3 Å². The number of ether oxygens (including phenoxy) is 1. The predicted octanol–water partition coefficient (Wildman–Crippen LogP) is -0.320. The van der Waals surface area contributed by atoms with Crippen molar-refractivity contribution in [3.05, 3.63) is 0 Å². The predicted molar refractivity (Wildman–Crippen MR) is 59.0 cm³/mol. The zero-order valence-corrected chi connectivity index (χ0v) is 9.92. The average Bonchev–Trinajstić information content (AvgIpc) is 2.16. The number of sulfone groups is 1. The Kier molecular flexibility index (Phi) is 4.98. The molecule has 1 fully saturated rings. The van der Waals surface area contributed by atoms with Crippen LogP contribution in [0.15, 0.2) is 0 Å². The van der Waals surface area contributed by atoms with Gasteiger partial charge in [-0.2, -0.15) is 0 Å². The summed E-state index contributed by atoms with van der Waals surface area (Å²) in [6.45, 7) is 1.56. The zero-order valence-electron chi connectivity index (χ0n) is 9.11. The molecule has 1 atom stereocenters. The van der Waals surface area contributed by atoms with Crippen molar-refractivity contribution in [3.63, 3.8) is 0 Å². The highest BCUT2D eigenvalue weighted by molar-refractivity contribution is 7.90. The first-order chi connectivity index (χ1) is 7.01. The van der Waals surface area contributed by atoms with Crippen LogP contribution < -0.4 is 11.3 Å². The third-order valence-electron chi connectivity index (χ3n) is 2.70. The highest BCUT2D eigenvalue weighted by atomic mass is 32.2. The summed E-state index contributed by atoms with van der Waals surface area (Å²) >= 11 is 0. The molecule has 0 aromatic rings. The highest BCUT2D eigenvalue weighted by Gasteiger charge is 2.21. The third-order valence-corrected chi connectivity index (χ3v) is 3.71. The van der Waals surface area contributed by atoms with Crippen molar-refractivity contribution < 1.29 is 13.2 Å². The second-order valence-electron chi connectivity index (χ2n) is 4.25. The molecule has 90 valence electrons. The molecule has 6 heteroatoms. The maximum Gasteiger partial charge on any atom is 0.149 e. The van der Waals surface area contributed by atoms with Gasteiger partial charge in [-0.05, 0) is 25.2 Å². The van der Waals surface area contributed by atoms with E-state index in [2.05, 4.69) is 5.43 Å². The Bertz CT molecular complexity index is 273. The van der Waals surface area contributed by atoms with Gasteiger partial charge in [0.15, 0.2) is 0 Å². The van der Waals surface area contributed by atoms with Gasteiger partial charge >= 0.3 is 0 Å². The van der Waals surface area contributed by atoms with Crippen LogP contribution in [0.25, 0.3) is 0 Å². The van der Waals surface area contributed by atoms with Crippen molar-refractivity contribution in [3.8, 4) is 0 Å². The number of hydrogen-bond donors (Lipinski definition) is 2. The first-order valence-corrected chi connectivity index (χ1v) is 7.29. The molecule has 1 rings (SSSR count). The molecule has 15 heavy (non-hydrogen) atoms. The minimum atomic E-state index is -2.96. The number of nitrogens with one attached hydrogen (secondary N) is 1. The fraction of sp³-hybridized carbons (Fsp3) is 1.00. The highest BCUT2D eigenvalue weighted by Crippen LogP contribution is 2.20. The molecule has 1 saturated heterocycles. The molecule has 1 aliphatic heterocycles. The summed E-state index contributed by atoms with van der Waals surface area (Å²) in [6.07, 6.45) is 4.05. The lowest BCUT2D eigenvalue weighted by atomic mass is 9.93. The van der Waals surface area contributed by atoms with Crippen molar-refractivity contribution in [1.82, 2.24) is 5.43 Å². The Hall–Kier alpha value is -0.170. The quantitative estimate of drug-likeness (QED) is 0.505. The van der Waals surface area contributed by atoms with E-state index in [0.717, 1.165) is 32.5 Å². The molecule has 0 amide bonds. The van der Waals surface area contributed by atoms with Crippen molar-refractivity contribution >= 4 is 9.84 Å². The van der Waals surface area contributed by atoms with Crippen LogP contribution in [0.3, 0.4) is 0 Å². The van der Waals surface area contributed by atoms with Gasteiger partial charge in [0.1, 0.15) is 9.84 Å². The Morgan fingerprint density at radius 1 is 1.47 bits per heavy atom. The molecule has 0 aliphatic carbocycles. The lowest BCUT2D eigenvalue weighted by Gasteiger charge is -2.25. The second-order valence-corrected chi connectivity index (χ2v) is 6.43. The Morgan fingerprint density at radius 2 is 2.07 bits per heavy atom. The molecule has 3 N–H and O–H groups in total. The SMILES string of the molecule is CS(=O)(=O)CC(CC1CCOCC1)NN. The van der Waals surface area contributed by atoms with Crippen molar-refractivity contribution in [2.45, 2.75) is 25.3 Å². The monoisotopic (exact) mass is 236 g/mol. The van der Waals surface area contributed by atoms with E-state index < -0.39 is 9.84 Å². The molecule has 1 unspecified atom stereocenters. The van der Waals surface area contributed by atoms with Crippen LogP contribution in [0.5, 0.6) is 0 Å². The summed E-state index contributed by atoms with van der Waals surface area (Å²) in [7, 11) is -2.96. The lowest BCUT2D eigenvalue weighted by Crippen LogP contribution is -2.42. The lowest BCUT2D eigenvalue weighted by molar-refractivity contribution is 0.0613. The first-order valence-electron chi connectivity index (χ1n) is 5.23. The minimum Gasteiger partial charge on any atom is -0.381 e. The normalized spacial score (nSPS) is 21.5. The van der Waals surface area contributed by atoms with Crippen molar-refractivity contribution in [1.29, 1.82) is 0 Å². The van der Waals surface area contributed by atoms with Gasteiger partial charge in [0.2, 0.25) is 0 Å². The largest absolute Gasteiger partial charge is 0.381 e. The average molecular weight is 236 g/mol. The summed E-state index contributed by atoms with van der Waals surface area (Å²) in [5.41, 5.74) is 2.59. The topological polar surface area (TPSA) is 81.4 Å². The third kappa shape index (κ3) is 5.46. The summed E-state index contributed by atoms with van der Waals surface area (Å²) in [5.74, 6) is 5.99. The van der Waals surface area contributed by atoms with Gasteiger partial charge in [0.25, 0.3) is 0 Å². The van der Waals surface area contributed by atoms with E-state index in [1.807, 2.05) is 0 Å². The zero-order chi connectivity index (χ0) is 11.3. The van der Waals surface area contributed by atoms with Crippen LogP contribution in [0.2, 0.25) is 0 Å². The van der Waals surface area contributed by atoms with Gasteiger partial charge in [-0.15, -0.1) is 0 Å². The molecule has 0 aromatic heterocycles. The van der Waals surface area contributed by atoms with E-state index in [1.165, 1.54) is 6.26 Å². The van der Waals surface area contributed by atoms with Crippen LogP contribution >= 0.6 is 0 Å². The van der Waals surface area contributed by atoms with Crippen LogP contribution in [0.4, 0.5) is 0 Å². The van der Waals surface area contributed by atoms with Crippen LogP contribution in [0, 0.1) is 5.92 Å². The number of nitrogens with two attached hydrogens (primary N) is 1. The Labute approximate surface area is 91.3 Å². The molecule has 1 heterocycles. The smallest absolute Gasteiger partial charge is 0.149 e. The van der Waals surface area contributed by atoms with E-state index >= 15 is 0 Å². The first kappa shape index (κ1) is 12.9. The minimum absolute atomic E-state index is 0.112. The van der Waals surface area contributed by atoms with E-state index in [0.29, 0.717) is 5.92 Å². The summed E-state index contributed by atoms with van der Waals surface area (Å²) in [6, 6.07) is -0.136. The molecule has 5 nitrogen and oxygen atoms in total. The molecule has 0 aromatic carbocycles.